The zero-order valence-corrected chi connectivity index (χ0v) is 10.9. The van der Waals surface area contributed by atoms with E-state index in [2.05, 4.69) is 19.2 Å². The van der Waals surface area contributed by atoms with Gasteiger partial charge in [0.05, 0.1) is 11.4 Å². The summed E-state index contributed by atoms with van der Waals surface area (Å²) in [5, 5.41) is 2.58. The molecule has 0 unspecified atom stereocenters. The van der Waals surface area contributed by atoms with E-state index < -0.39 is 0 Å². The third-order valence-corrected chi connectivity index (χ3v) is 1.63. The molecule has 16 heavy (non-hydrogen) atoms. The van der Waals surface area contributed by atoms with Crippen LogP contribution in [0.5, 0.6) is 0 Å². The molecule has 0 aliphatic carbocycles. The monoisotopic (exact) mass is 237 g/mol. The van der Waals surface area contributed by atoms with E-state index >= 15 is 0 Å². The molecule has 0 bridgehead atoms. The molecule has 1 aromatic rings. The summed E-state index contributed by atoms with van der Waals surface area (Å²) in [5.74, 6) is -0.0568. The standard InChI is InChI=1S/C10H11NOS.C3H8/c1-8(13)11-10(12)7-9-5-3-2-4-6-9;1-3-2/h2-6H,7H2,1H3,(H,11,12,13);3H2,1-2H3. The van der Waals surface area contributed by atoms with E-state index in [-0.39, 0.29) is 5.91 Å². The molecule has 1 rings (SSSR count). The summed E-state index contributed by atoms with van der Waals surface area (Å²) in [6, 6.07) is 9.57. The average Bonchev–Trinajstić information content (AvgIpc) is 2.18. The summed E-state index contributed by atoms with van der Waals surface area (Å²) >= 11 is 4.76. The first kappa shape index (κ1) is 14.8. The quantitative estimate of drug-likeness (QED) is 0.801. The van der Waals surface area contributed by atoms with Crippen molar-refractivity contribution in [1.29, 1.82) is 0 Å². The molecule has 1 N–H and O–H groups in total. The molecule has 0 saturated carbocycles. The molecule has 0 heterocycles. The van der Waals surface area contributed by atoms with E-state index in [1.54, 1.807) is 6.92 Å². The van der Waals surface area contributed by atoms with Crippen LogP contribution in [0.2, 0.25) is 0 Å². The normalized spacial score (nSPS) is 8.69. The highest BCUT2D eigenvalue weighted by molar-refractivity contribution is 7.80. The number of hydrogen-bond acceptors (Lipinski definition) is 2. The molecule has 0 saturated heterocycles. The molecule has 0 fully saturated rings. The second kappa shape index (κ2) is 9.04. The van der Waals surface area contributed by atoms with Gasteiger partial charge in [-0.3, -0.25) is 4.79 Å². The van der Waals surface area contributed by atoms with Gasteiger partial charge < -0.3 is 5.32 Å². The van der Waals surface area contributed by atoms with Gasteiger partial charge >= 0.3 is 0 Å². The summed E-state index contributed by atoms with van der Waals surface area (Å²) in [7, 11) is 0. The van der Waals surface area contributed by atoms with Crippen molar-refractivity contribution in [2.24, 2.45) is 0 Å². The van der Waals surface area contributed by atoms with Crippen molar-refractivity contribution in [3.05, 3.63) is 35.9 Å². The Hall–Kier alpha value is -1.22. The van der Waals surface area contributed by atoms with Crippen LogP contribution in [-0.2, 0) is 11.2 Å². The first-order chi connectivity index (χ1) is 7.60. The van der Waals surface area contributed by atoms with Crippen LogP contribution in [0.4, 0.5) is 0 Å². The minimum atomic E-state index is -0.0568. The SMILES string of the molecule is CC(=S)NC(=O)Cc1ccccc1.CCC. The van der Waals surface area contributed by atoms with Crippen molar-refractivity contribution in [2.75, 3.05) is 0 Å². The second-order valence-electron chi connectivity index (χ2n) is 3.47. The second-order valence-corrected chi connectivity index (χ2v) is 4.09. The van der Waals surface area contributed by atoms with Gasteiger partial charge in [-0.1, -0.05) is 62.8 Å². The number of benzene rings is 1. The fourth-order valence-corrected chi connectivity index (χ4v) is 1.14. The fourth-order valence-electron chi connectivity index (χ4n) is 1.02. The molecule has 3 heteroatoms. The van der Waals surface area contributed by atoms with Crippen molar-refractivity contribution in [3.63, 3.8) is 0 Å². The lowest BCUT2D eigenvalue weighted by molar-refractivity contribution is -0.119. The van der Waals surface area contributed by atoms with E-state index in [1.165, 1.54) is 6.42 Å². The van der Waals surface area contributed by atoms with Gasteiger partial charge in [0.2, 0.25) is 5.91 Å². The van der Waals surface area contributed by atoms with E-state index in [9.17, 15) is 4.79 Å². The van der Waals surface area contributed by atoms with Crippen LogP contribution in [0.15, 0.2) is 30.3 Å². The van der Waals surface area contributed by atoms with Crippen molar-refractivity contribution in [2.45, 2.75) is 33.6 Å². The van der Waals surface area contributed by atoms with E-state index in [4.69, 9.17) is 12.2 Å². The first-order valence-electron chi connectivity index (χ1n) is 5.44. The smallest absolute Gasteiger partial charge is 0.229 e. The minimum Gasteiger partial charge on any atom is -0.320 e. The average molecular weight is 237 g/mol. The molecule has 2 nitrogen and oxygen atoms in total. The van der Waals surface area contributed by atoms with Crippen LogP contribution in [0.1, 0.15) is 32.8 Å². The molecule has 1 aromatic carbocycles. The van der Waals surface area contributed by atoms with Gasteiger partial charge in [-0.25, -0.2) is 0 Å². The molecule has 1 amide bonds. The summed E-state index contributed by atoms with van der Waals surface area (Å²) in [6.45, 7) is 5.94. The van der Waals surface area contributed by atoms with Crippen molar-refractivity contribution < 1.29 is 4.79 Å². The Morgan fingerprint density at radius 1 is 1.25 bits per heavy atom. The summed E-state index contributed by atoms with van der Waals surface area (Å²) < 4.78 is 0. The Morgan fingerprint density at radius 3 is 2.19 bits per heavy atom. The van der Waals surface area contributed by atoms with Crippen LogP contribution in [0.3, 0.4) is 0 Å². The number of carbonyl (C=O) groups excluding carboxylic acids is 1. The third-order valence-electron chi connectivity index (χ3n) is 1.52. The van der Waals surface area contributed by atoms with Gasteiger partial charge in [-0.2, -0.15) is 0 Å². The number of hydrogen-bond donors (Lipinski definition) is 1. The highest BCUT2D eigenvalue weighted by Gasteiger charge is 2.01. The fraction of sp³-hybridized carbons (Fsp3) is 0.385. The topological polar surface area (TPSA) is 29.1 Å². The molecule has 0 aliphatic heterocycles. The van der Waals surface area contributed by atoms with Gasteiger partial charge in [0.15, 0.2) is 0 Å². The largest absolute Gasteiger partial charge is 0.320 e. The number of nitrogens with one attached hydrogen (secondary N) is 1. The molecular weight excluding hydrogens is 218 g/mol. The van der Waals surface area contributed by atoms with Crippen LogP contribution in [0, 0.1) is 0 Å². The molecule has 0 aliphatic rings. The zero-order valence-electron chi connectivity index (χ0n) is 10.1. The molecular formula is C13H19NOS. The van der Waals surface area contributed by atoms with Crippen molar-refractivity contribution in [3.8, 4) is 0 Å². The third kappa shape index (κ3) is 8.12. The van der Waals surface area contributed by atoms with Gasteiger partial charge in [0.1, 0.15) is 0 Å². The molecule has 0 aromatic heterocycles. The Balaban J connectivity index is 0.000000673. The van der Waals surface area contributed by atoms with Gasteiger partial charge in [-0.05, 0) is 12.5 Å². The maximum absolute atomic E-state index is 11.2. The van der Waals surface area contributed by atoms with Gasteiger partial charge in [0, 0.05) is 0 Å². The molecule has 0 spiro atoms. The lowest BCUT2D eigenvalue weighted by Crippen LogP contribution is -2.28. The van der Waals surface area contributed by atoms with E-state index in [1.807, 2.05) is 30.3 Å². The Bertz CT molecular complexity index is 322. The van der Waals surface area contributed by atoms with Gasteiger partial charge in [-0.15, -0.1) is 0 Å². The number of carbonyl (C=O) groups is 1. The van der Waals surface area contributed by atoms with E-state index in [0.717, 1.165) is 5.56 Å². The predicted molar refractivity (Wildman–Crippen MR) is 72.5 cm³/mol. The predicted octanol–water partition coefficient (Wildman–Crippen LogP) is 3.11. The summed E-state index contributed by atoms with van der Waals surface area (Å²) in [4.78, 5) is 11.7. The van der Waals surface area contributed by atoms with Crippen molar-refractivity contribution in [1.82, 2.24) is 5.32 Å². The van der Waals surface area contributed by atoms with Crippen LogP contribution < -0.4 is 5.32 Å². The Labute approximate surface area is 103 Å². The first-order valence-corrected chi connectivity index (χ1v) is 5.85. The van der Waals surface area contributed by atoms with E-state index in [0.29, 0.717) is 11.4 Å². The maximum Gasteiger partial charge on any atom is 0.229 e. The Kier molecular flexibility index (Phi) is 8.35. The van der Waals surface area contributed by atoms with Crippen molar-refractivity contribution >= 4 is 23.1 Å². The maximum atomic E-state index is 11.2. The highest BCUT2D eigenvalue weighted by Crippen LogP contribution is 1.98. The number of rotatable bonds is 2. The summed E-state index contributed by atoms with van der Waals surface area (Å²) in [6.07, 6.45) is 1.63. The van der Waals surface area contributed by atoms with Gasteiger partial charge in [0.25, 0.3) is 0 Å². The molecule has 0 radical (unpaired) electrons. The molecule has 0 atom stereocenters. The summed E-state index contributed by atoms with van der Waals surface area (Å²) in [5.41, 5.74) is 0.997. The van der Waals surface area contributed by atoms with Crippen LogP contribution in [-0.4, -0.2) is 10.9 Å². The minimum absolute atomic E-state index is 0.0568. The Morgan fingerprint density at radius 2 is 1.75 bits per heavy atom. The highest BCUT2D eigenvalue weighted by atomic mass is 32.1. The zero-order chi connectivity index (χ0) is 12.4. The lowest BCUT2D eigenvalue weighted by Gasteiger charge is -2.01. The molecule has 88 valence electrons. The number of amides is 1. The van der Waals surface area contributed by atoms with Crippen LogP contribution >= 0.6 is 12.2 Å². The number of thiocarbonyl (C=S) groups is 1. The lowest BCUT2D eigenvalue weighted by atomic mass is 10.1. The van der Waals surface area contributed by atoms with Crippen LogP contribution in [0.25, 0.3) is 0 Å².